The zero-order valence-electron chi connectivity index (χ0n) is 5.97. The third-order valence-corrected chi connectivity index (χ3v) is 1.57. The molecule has 0 aliphatic heterocycles. The average molecular weight is 192 g/mol. The molecular weight excluding hydrogens is 181 g/mol. The van der Waals surface area contributed by atoms with E-state index in [0.29, 0.717) is 5.57 Å². The third-order valence-electron chi connectivity index (χ3n) is 1.57. The molecule has 0 aromatic rings. The van der Waals surface area contributed by atoms with E-state index in [1.165, 1.54) is 0 Å². The van der Waals surface area contributed by atoms with Crippen LogP contribution < -0.4 is 0 Å². The summed E-state index contributed by atoms with van der Waals surface area (Å²) in [6, 6.07) is 0. The first-order chi connectivity index (χ1) is 4.30. The maximum Gasteiger partial charge on any atom is 0.331 e. The van der Waals surface area contributed by atoms with Crippen LogP contribution in [0.4, 0.5) is 0 Å². The minimum atomic E-state index is -0.741. The first kappa shape index (κ1) is 9.83. The maximum atomic E-state index is 10.3. The molecule has 2 nitrogen and oxygen atoms in total. The topological polar surface area (TPSA) is 37.3 Å². The Bertz CT molecular complexity index is 152. The summed E-state index contributed by atoms with van der Waals surface area (Å²) < 4.78 is 0. The fourth-order valence-electron chi connectivity index (χ4n) is 1.03. The van der Waals surface area contributed by atoms with Crippen LogP contribution >= 0.6 is 0 Å². The van der Waals surface area contributed by atoms with Crippen molar-refractivity contribution in [3.05, 3.63) is 11.6 Å². The van der Waals surface area contributed by atoms with Gasteiger partial charge in [-0.2, -0.15) is 0 Å². The summed E-state index contributed by atoms with van der Waals surface area (Å²) in [6.45, 7) is 0. The number of carboxylic acid groups (broad SMARTS) is 1. The Kier molecular flexibility index (Phi) is 4.54. The van der Waals surface area contributed by atoms with Crippen LogP contribution in [0.25, 0.3) is 0 Å². The average Bonchev–Trinajstić information content (AvgIpc) is 1.90. The van der Waals surface area contributed by atoms with E-state index in [2.05, 4.69) is 0 Å². The van der Waals surface area contributed by atoms with Gasteiger partial charge in [0.1, 0.15) is 0 Å². The molecule has 1 aliphatic rings. The number of hydrogen-bond donors (Lipinski definition) is 1. The van der Waals surface area contributed by atoms with E-state index < -0.39 is 5.97 Å². The second-order valence-electron chi connectivity index (χ2n) is 2.28. The number of aliphatic carboxylic acids is 1. The van der Waals surface area contributed by atoms with Gasteiger partial charge >= 0.3 is 5.97 Å². The van der Waals surface area contributed by atoms with Gasteiger partial charge < -0.3 is 5.11 Å². The maximum absolute atomic E-state index is 10.3. The molecule has 0 fully saturated rings. The number of carboxylic acids is 1. The van der Waals surface area contributed by atoms with Gasteiger partial charge in [-0.1, -0.05) is 6.08 Å². The Balaban J connectivity index is 0.000000810. The van der Waals surface area contributed by atoms with Crippen molar-refractivity contribution in [2.45, 2.75) is 25.7 Å². The molecular formula is C7H10O2Zn. The second kappa shape index (κ2) is 4.62. The first-order valence-corrected chi connectivity index (χ1v) is 3.23. The number of hydrogen-bond acceptors (Lipinski definition) is 1. The molecule has 0 spiro atoms. The van der Waals surface area contributed by atoms with Crippen molar-refractivity contribution in [3.63, 3.8) is 0 Å². The van der Waals surface area contributed by atoms with Crippen LogP contribution in [-0.4, -0.2) is 11.1 Å². The summed E-state index contributed by atoms with van der Waals surface area (Å²) in [7, 11) is 0. The summed E-state index contributed by atoms with van der Waals surface area (Å²) in [5.74, 6) is -0.741. The van der Waals surface area contributed by atoms with Gasteiger partial charge in [-0.15, -0.1) is 0 Å². The Morgan fingerprint density at radius 2 is 2.20 bits per heavy atom. The van der Waals surface area contributed by atoms with Crippen LogP contribution in [0.5, 0.6) is 0 Å². The zero-order valence-corrected chi connectivity index (χ0v) is 8.94. The van der Waals surface area contributed by atoms with Gasteiger partial charge in [0, 0.05) is 25.1 Å². The number of carbonyl (C=O) groups is 1. The van der Waals surface area contributed by atoms with Crippen LogP contribution in [0.1, 0.15) is 25.7 Å². The van der Waals surface area contributed by atoms with Gasteiger partial charge in [0.2, 0.25) is 0 Å². The monoisotopic (exact) mass is 190 g/mol. The summed E-state index contributed by atoms with van der Waals surface area (Å²) >= 11 is 0. The van der Waals surface area contributed by atoms with Crippen molar-refractivity contribution in [2.24, 2.45) is 0 Å². The Morgan fingerprint density at radius 3 is 2.50 bits per heavy atom. The quantitative estimate of drug-likeness (QED) is 0.639. The van der Waals surface area contributed by atoms with E-state index >= 15 is 0 Å². The molecule has 10 heavy (non-hydrogen) atoms. The molecule has 0 aromatic carbocycles. The SMILES string of the molecule is O=C(O)C1=CCCCC1.[Zn]. The van der Waals surface area contributed by atoms with E-state index in [-0.39, 0.29) is 19.5 Å². The van der Waals surface area contributed by atoms with Gasteiger partial charge in [0.05, 0.1) is 0 Å². The fourth-order valence-corrected chi connectivity index (χ4v) is 1.03. The summed E-state index contributed by atoms with van der Waals surface area (Å²) in [5.41, 5.74) is 0.598. The smallest absolute Gasteiger partial charge is 0.331 e. The van der Waals surface area contributed by atoms with Crippen LogP contribution in [-0.2, 0) is 24.3 Å². The van der Waals surface area contributed by atoms with E-state index in [9.17, 15) is 4.79 Å². The molecule has 0 aromatic heterocycles. The van der Waals surface area contributed by atoms with Crippen molar-refractivity contribution in [2.75, 3.05) is 0 Å². The molecule has 1 N–H and O–H groups in total. The molecule has 0 saturated carbocycles. The van der Waals surface area contributed by atoms with Crippen molar-refractivity contribution >= 4 is 5.97 Å². The molecule has 0 radical (unpaired) electrons. The summed E-state index contributed by atoms with van der Waals surface area (Å²) in [4.78, 5) is 10.3. The van der Waals surface area contributed by atoms with Gasteiger partial charge in [-0.3, -0.25) is 0 Å². The third kappa shape index (κ3) is 2.61. The Morgan fingerprint density at radius 1 is 1.50 bits per heavy atom. The number of allylic oxidation sites excluding steroid dienone is 1. The van der Waals surface area contributed by atoms with Crippen LogP contribution in [0.15, 0.2) is 11.6 Å². The Hall–Kier alpha value is -0.167. The van der Waals surface area contributed by atoms with Gasteiger partial charge in [0.25, 0.3) is 0 Å². The van der Waals surface area contributed by atoms with Crippen molar-refractivity contribution in [1.29, 1.82) is 0 Å². The molecule has 1 rings (SSSR count). The molecule has 0 heterocycles. The van der Waals surface area contributed by atoms with Crippen molar-refractivity contribution in [1.82, 2.24) is 0 Å². The molecule has 1 aliphatic carbocycles. The van der Waals surface area contributed by atoms with Crippen LogP contribution in [0.2, 0.25) is 0 Å². The van der Waals surface area contributed by atoms with Crippen molar-refractivity contribution < 1.29 is 29.4 Å². The van der Waals surface area contributed by atoms with E-state index in [1.54, 1.807) is 0 Å². The van der Waals surface area contributed by atoms with Crippen molar-refractivity contribution in [3.8, 4) is 0 Å². The fraction of sp³-hybridized carbons (Fsp3) is 0.571. The molecule has 0 unspecified atom stereocenters. The van der Waals surface area contributed by atoms with E-state index in [4.69, 9.17) is 5.11 Å². The van der Waals surface area contributed by atoms with Crippen LogP contribution in [0, 0.1) is 0 Å². The molecule has 0 bridgehead atoms. The normalized spacial score (nSPS) is 17.0. The van der Waals surface area contributed by atoms with E-state index in [0.717, 1.165) is 25.7 Å². The molecule has 3 heteroatoms. The summed E-state index contributed by atoms with van der Waals surface area (Å²) in [6.07, 6.45) is 5.72. The van der Waals surface area contributed by atoms with Gasteiger partial charge in [-0.25, -0.2) is 4.79 Å². The first-order valence-electron chi connectivity index (χ1n) is 3.23. The Labute approximate surface area is 73.1 Å². The van der Waals surface area contributed by atoms with E-state index in [1.807, 2.05) is 6.08 Å². The number of rotatable bonds is 1. The molecule has 52 valence electrons. The molecule has 0 amide bonds. The standard InChI is InChI=1S/C7H10O2.Zn/c8-7(9)6-4-2-1-3-5-6;/h4H,1-3,5H2,(H,8,9);. The second-order valence-corrected chi connectivity index (χ2v) is 2.28. The molecule has 0 saturated heterocycles. The van der Waals surface area contributed by atoms with Gasteiger partial charge in [-0.05, 0) is 25.7 Å². The minimum Gasteiger partial charge on any atom is -0.478 e. The van der Waals surface area contributed by atoms with Gasteiger partial charge in [0.15, 0.2) is 0 Å². The summed E-state index contributed by atoms with van der Waals surface area (Å²) in [5, 5.41) is 8.47. The minimum absolute atomic E-state index is 0. The zero-order chi connectivity index (χ0) is 6.69. The van der Waals surface area contributed by atoms with Crippen LogP contribution in [0.3, 0.4) is 0 Å². The molecule has 0 atom stereocenters. The predicted molar refractivity (Wildman–Crippen MR) is 34.2 cm³/mol. The predicted octanol–water partition coefficient (Wildman–Crippen LogP) is 1.57. The largest absolute Gasteiger partial charge is 0.478 e.